The maximum atomic E-state index is 11.3. The molecule has 0 aromatic rings. The van der Waals surface area contributed by atoms with E-state index in [0.29, 0.717) is 0 Å². The van der Waals surface area contributed by atoms with E-state index in [-0.39, 0.29) is 15.1 Å². The number of rotatable bonds is 6. The molecule has 0 radical (unpaired) electrons. The Kier molecular flexibility index (Phi) is 8.45. The number of nitrogens with zero attached hydrogens (tertiary/aromatic N) is 1. The number of hydrogen-bond donors (Lipinski definition) is 0. The van der Waals surface area contributed by atoms with Crippen molar-refractivity contribution in [3.63, 3.8) is 0 Å². The van der Waals surface area contributed by atoms with Gasteiger partial charge in [-0.25, -0.2) is 0 Å². The van der Waals surface area contributed by atoms with Crippen molar-refractivity contribution < 1.29 is 42.6 Å². The van der Waals surface area contributed by atoms with Crippen LogP contribution in [0.15, 0.2) is 0 Å². The molecule has 0 aliphatic rings. The van der Waals surface area contributed by atoms with Gasteiger partial charge in [-0.1, -0.05) is 8.41 Å². The first kappa shape index (κ1) is 22.2. The Hall–Kier alpha value is -2.10. The summed E-state index contributed by atoms with van der Waals surface area (Å²) >= 11 is 0. The smallest absolute Gasteiger partial charge is 0.415 e. The van der Waals surface area contributed by atoms with E-state index in [1.165, 1.54) is 21.0 Å². The van der Waals surface area contributed by atoms with E-state index >= 15 is 0 Å². The van der Waals surface area contributed by atoms with Gasteiger partial charge in [0.1, 0.15) is 0 Å². The van der Waals surface area contributed by atoms with Crippen LogP contribution in [-0.4, -0.2) is 63.7 Å². The lowest BCUT2D eigenvalue weighted by molar-refractivity contribution is -1.03. The van der Waals surface area contributed by atoms with Crippen LogP contribution in [0.25, 0.3) is 0 Å². The molecule has 0 atom stereocenters. The molecule has 0 aliphatic heterocycles. The lowest BCUT2D eigenvalue weighted by Gasteiger charge is -2.40. The number of carbonyl (C=O) groups excluding carboxylic acids is 4. The molecule has 10 heteroatoms. The molecule has 0 bridgehead atoms. The van der Waals surface area contributed by atoms with E-state index in [1.807, 2.05) is 0 Å². The van der Waals surface area contributed by atoms with E-state index in [4.69, 9.17) is 18.9 Å². The second-order valence-electron chi connectivity index (χ2n) is 4.75. The van der Waals surface area contributed by atoms with Crippen molar-refractivity contribution in [1.82, 2.24) is 0 Å². The Morgan fingerprint density at radius 3 is 1.32 bits per heavy atom. The second-order valence-corrected chi connectivity index (χ2v) is 4.75. The van der Waals surface area contributed by atoms with Gasteiger partial charge in [-0.3, -0.25) is 19.2 Å². The number of ether oxygens (including phenoxy) is 4. The highest BCUT2D eigenvalue weighted by atomic mass is 16.9. The van der Waals surface area contributed by atoms with Crippen molar-refractivity contribution >= 4 is 32.3 Å². The first-order valence-corrected chi connectivity index (χ1v) is 5.97. The fraction of sp³-hybridized carbons (Fsp3) is 0.667. The third-order valence-corrected chi connectivity index (χ3v) is 2.15. The van der Waals surface area contributed by atoms with Crippen LogP contribution in [-0.2, 0) is 38.1 Å². The molecule has 22 heavy (non-hydrogen) atoms. The molecule has 0 rings (SSSR count). The minimum atomic E-state index is -2.39. The predicted molar refractivity (Wildman–Crippen MR) is 78.1 cm³/mol. The Morgan fingerprint density at radius 1 is 0.773 bits per heavy atom. The van der Waals surface area contributed by atoms with Gasteiger partial charge in [-0.15, -0.1) is 0 Å². The van der Waals surface area contributed by atoms with Crippen molar-refractivity contribution in [2.24, 2.45) is 0 Å². The van der Waals surface area contributed by atoms with Crippen LogP contribution in [0.1, 0.15) is 27.7 Å². The summed E-state index contributed by atoms with van der Waals surface area (Å²) in [5.41, 5.74) is 0. The first-order chi connectivity index (χ1) is 9.42. The lowest BCUT2D eigenvalue weighted by atomic mass is 10.5. The van der Waals surface area contributed by atoms with Crippen molar-refractivity contribution in [2.45, 2.75) is 33.8 Å². The Bertz CT molecular complexity index is 408. The van der Waals surface area contributed by atoms with Crippen LogP contribution in [0.3, 0.4) is 0 Å². The fourth-order valence-electron chi connectivity index (χ4n) is 1.31. The number of hydrogen-bond acceptors (Lipinski definition) is 8. The van der Waals surface area contributed by atoms with Gasteiger partial charge in [0.05, 0.1) is 14.1 Å². The quantitative estimate of drug-likeness (QED) is 0.250. The number of carbonyl (C=O) groups is 4. The van der Waals surface area contributed by atoms with Crippen LogP contribution in [0, 0.1) is 0 Å². The highest BCUT2D eigenvalue weighted by Crippen LogP contribution is 2.27. The van der Waals surface area contributed by atoms with E-state index in [9.17, 15) is 19.2 Å². The molecule has 9 nitrogen and oxygen atoms in total. The average Bonchev–Trinajstić information content (AvgIpc) is 2.23. The molecule has 0 heterocycles. The summed E-state index contributed by atoms with van der Waals surface area (Å²) in [6.45, 7) is 3.95. The maximum absolute atomic E-state index is 11.3. The van der Waals surface area contributed by atoms with Crippen LogP contribution in [0.5, 0.6) is 0 Å². The molecule has 0 spiro atoms. The maximum Gasteiger partial charge on any atom is 0.600 e. The lowest BCUT2D eigenvalue weighted by Crippen LogP contribution is -2.66. The largest absolute Gasteiger partial charge is 0.600 e. The summed E-state index contributed by atoms with van der Waals surface area (Å²) in [6, 6.07) is 0. The molecule has 0 fully saturated rings. The normalized spacial score (nSPS) is 10.8. The molecule has 0 unspecified atom stereocenters. The van der Waals surface area contributed by atoms with E-state index in [0.717, 1.165) is 20.8 Å². The first-order valence-electron chi connectivity index (χ1n) is 5.97. The Labute approximate surface area is 130 Å². The molecule has 0 saturated heterocycles. The topological polar surface area (TPSA) is 105 Å². The second kappa shape index (κ2) is 8.37. The zero-order valence-electron chi connectivity index (χ0n) is 12.9. The minimum Gasteiger partial charge on any atom is -0.415 e. The Balaban J connectivity index is 0. The molecule has 0 aromatic carbocycles. The van der Waals surface area contributed by atoms with Gasteiger partial charge >= 0.3 is 30.0 Å². The zero-order valence-corrected chi connectivity index (χ0v) is 12.9. The number of quaternary nitrogens is 1. The molecule has 0 amide bonds. The van der Waals surface area contributed by atoms with Crippen LogP contribution >= 0.6 is 0 Å². The van der Waals surface area contributed by atoms with Crippen LogP contribution in [0.4, 0.5) is 0 Å². The third kappa shape index (κ3) is 6.57. The minimum absolute atomic E-state index is 0. The monoisotopic (exact) mass is 321 g/mol. The van der Waals surface area contributed by atoms with Gasteiger partial charge in [0.25, 0.3) is 0 Å². The summed E-state index contributed by atoms with van der Waals surface area (Å²) < 4.78 is 19.0. The molecular weight excluding hydrogens is 297 g/mol. The molecule has 0 saturated carbocycles. The van der Waals surface area contributed by atoms with Gasteiger partial charge in [0, 0.05) is 27.7 Å². The zero-order chi connectivity index (χ0) is 16.8. The van der Waals surface area contributed by atoms with Crippen molar-refractivity contribution in [2.75, 3.05) is 20.8 Å². The summed E-state index contributed by atoms with van der Waals surface area (Å²) in [5, 5.41) is 0. The van der Waals surface area contributed by atoms with Crippen LogP contribution in [0.2, 0.25) is 0 Å². The van der Waals surface area contributed by atoms with Gasteiger partial charge in [-0.2, -0.15) is 4.48 Å². The van der Waals surface area contributed by atoms with Gasteiger partial charge in [0.15, 0.2) is 0 Å². The fourth-order valence-corrected chi connectivity index (χ4v) is 1.31. The molecule has 0 N–H and O–H groups in total. The molecule has 0 aliphatic carbocycles. The average molecular weight is 321 g/mol. The third-order valence-electron chi connectivity index (χ3n) is 2.15. The van der Waals surface area contributed by atoms with Gasteiger partial charge in [-0.05, 0) is 0 Å². The molecular formula is C12H24BNO8. The number of esters is 4. The SMILES string of the molecule is CC(=O)OC[N+](C)(C)C(OC(C)=O)(OC(C)=O)OC(C)=O.[BH4-]. The molecule has 0 aromatic heterocycles. The van der Waals surface area contributed by atoms with Crippen molar-refractivity contribution in [1.29, 1.82) is 0 Å². The van der Waals surface area contributed by atoms with E-state index in [2.05, 4.69) is 0 Å². The van der Waals surface area contributed by atoms with Crippen molar-refractivity contribution in [3.05, 3.63) is 0 Å². The predicted octanol–water partition coefficient (Wildman–Crippen LogP) is -1.57. The van der Waals surface area contributed by atoms with Gasteiger partial charge < -0.3 is 18.9 Å². The summed E-state index contributed by atoms with van der Waals surface area (Å²) in [4.78, 5) is 44.8. The summed E-state index contributed by atoms with van der Waals surface area (Å²) in [7, 11) is 2.77. The summed E-state index contributed by atoms with van der Waals surface area (Å²) in [6.07, 6.45) is -2.39. The summed E-state index contributed by atoms with van der Waals surface area (Å²) in [5.74, 6) is -3.17. The van der Waals surface area contributed by atoms with E-state index in [1.54, 1.807) is 0 Å². The van der Waals surface area contributed by atoms with E-state index < -0.39 is 34.5 Å². The molecule has 128 valence electrons. The standard InChI is InChI=1S/C12H20NO8.BH4/c1-8(14)18-7-13(5,6)12(19-9(2)15,20-10(3)16)21-11(4)17;/h7H2,1-6H3;1H4/q+1;-1. The van der Waals surface area contributed by atoms with Crippen molar-refractivity contribution in [3.8, 4) is 0 Å². The highest BCUT2D eigenvalue weighted by Gasteiger charge is 2.59. The van der Waals surface area contributed by atoms with Gasteiger partial charge in [0.2, 0.25) is 6.73 Å². The highest BCUT2D eigenvalue weighted by molar-refractivity contribution is 5.75. The van der Waals surface area contributed by atoms with Crippen LogP contribution < -0.4 is 0 Å². The Morgan fingerprint density at radius 2 is 1.09 bits per heavy atom.